The van der Waals surface area contributed by atoms with Gasteiger partial charge >= 0.3 is 0 Å². The molecule has 2 fully saturated rings. The molecule has 0 amide bonds. The van der Waals surface area contributed by atoms with Gasteiger partial charge in [0, 0.05) is 0 Å². The Kier molecular flexibility index (Phi) is 4.90. The lowest BCUT2D eigenvalue weighted by molar-refractivity contribution is -0.242. The molecule has 5 unspecified atom stereocenters. The van der Waals surface area contributed by atoms with E-state index >= 15 is 0 Å². The summed E-state index contributed by atoms with van der Waals surface area (Å²) in [4.78, 5) is 0. The molecule has 0 heterocycles. The molecule has 2 saturated carbocycles. The lowest BCUT2D eigenvalue weighted by Gasteiger charge is -2.74. The maximum absolute atomic E-state index is 4.88. The quantitative estimate of drug-likeness (QED) is 0.542. The second kappa shape index (κ2) is 5.86. The van der Waals surface area contributed by atoms with Crippen molar-refractivity contribution in [2.24, 2.45) is 40.4 Å². The highest BCUT2D eigenvalue weighted by atomic mass is 32.1. The predicted molar refractivity (Wildman–Crippen MR) is 93.3 cm³/mol. The van der Waals surface area contributed by atoms with E-state index in [1.807, 2.05) is 0 Å². The van der Waals surface area contributed by atoms with Crippen molar-refractivity contribution >= 4 is 12.6 Å². The van der Waals surface area contributed by atoms with Crippen LogP contribution in [0.4, 0.5) is 0 Å². The molecular formula is C19H36S. The summed E-state index contributed by atoms with van der Waals surface area (Å²) in [6.07, 6.45) is 7.14. The molecule has 0 aromatic heterocycles. The maximum Gasteiger partial charge on any atom is -0.00304 e. The third-order valence-electron chi connectivity index (χ3n) is 7.52. The fourth-order valence-corrected chi connectivity index (χ4v) is 6.57. The van der Waals surface area contributed by atoms with Crippen LogP contribution in [0.5, 0.6) is 0 Å². The van der Waals surface area contributed by atoms with Gasteiger partial charge in [0.1, 0.15) is 0 Å². The van der Waals surface area contributed by atoms with E-state index < -0.39 is 0 Å². The monoisotopic (exact) mass is 296 g/mol. The van der Waals surface area contributed by atoms with E-state index in [9.17, 15) is 0 Å². The van der Waals surface area contributed by atoms with Crippen LogP contribution in [-0.4, -0.2) is 5.75 Å². The lowest BCUT2D eigenvalue weighted by Crippen LogP contribution is -2.69. The lowest BCUT2D eigenvalue weighted by atomic mass is 9.32. The summed E-state index contributed by atoms with van der Waals surface area (Å²) < 4.78 is 0. The average molecular weight is 297 g/mol. The zero-order valence-corrected chi connectivity index (χ0v) is 15.5. The van der Waals surface area contributed by atoms with Crippen LogP contribution in [0.3, 0.4) is 0 Å². The van der Waals surface area contributed by atoms with Gasteiger partial charge in [0.25, 0.3) is 0 Å². The molecule has 5 atom stereocenters. The van der Waals surface area contributed by atoms with E-state index in [1.54, 1.807) is 0 Å². The van der Waals surface area contributed by atoms with Crippen molar-refractivity contribution in [2.75, 3.05) is 5.75 Å². The summed E-state index contributed by atoms with van der Waals surface area (Å²) in [7, 11) is 0. The van der Waals surface area contributed by atoms with Gasteiger partial charge in [-0.15, -0.1) is 0 Å². The van der Waals surface area contributed by atoms with Crippen LogP contribution in [0.25, 0.3) is 0 Å². The summed E-state index contributed by atoms with van der Waals surface area (Å²) in [6.45, 7) is 14.8. The summed E-state index contributed by atoms with van der Waals surface area (Å²) in [6, 6.07) is 0. The minimum Gasteiger partial charge on any atom is -0.179 e. The highest BCUT2D eigenvalue weighted by molar-refractivity contribution is 7.80. The highest BCUT2D eigenvalue weighted by Crippen LogP contribution is 2.74. The van der Waals surface area contributed by atoms with E-state index in [0.717, 1.165) is 35.3 Å². The van der Waals surface area contributed by atoms with E-state index in [-0.39, 0.29) is 0 Å². The normalized spacial score (nSPS) is 39.1. The Balaban J connectivity index is 2.17. The molecule has 0 nitrogen and oxygen atoms in total. The fraction of sp³-hybridized carbons (Fsp3) is 1.00. The third-order valence-corrected chi connectivity index (χ3v) is 8.04. The molecule has 2 aliphatic rings. The Hall–Kier alpha value is 0.350. The van der Waals surface area contributed by atoms with Crippen LogP contribution in [0.15, 0.2) is 0 Å². The maximum atomic E-state index is 4.88. The first-order chi connectivity index (χ1) is 9.31. The Morgan fingerprint density at radius 2 is 1.85 bits per heavy atom. The minimum absolute atomic E-state index is 0.477. The summed E-state index contributed by atoms with van der Waals surface area (Å²) >= 11 is 4.88. The van der Waals surface area contributed by atoms with Crippen molar-refractivity contribution in [1.29, 1.82) is 0 Å². The first kappa shape index (κ1) is 16.7. The molecule has 1 heteroatoms. The van der Waals surface area contributed by atoms with Crippen LogP contribution in [0.2, 0.25) is 0 Å². The Bertz CT molecular complexity index is 327. The highest BCUT2D eigenvalue weighted by Gasteiger charge is 2.69. The van der Waals surface area contributed by atoms with E-state index in [0.29, 0.717) is 10.8 Å². The molecule has 118 valence electrons. The van der Waals surface area contributed by atoms with Gasteiger partial charge in [0.15, 0.2) is 0 Å². The molecule has 2 aliphatic carbocycles. The van der Waals surface area contributed by atoms with Crippen molar-refractivity contribution in [3.63, 3.8) is 0 Å². The molecule has 0 aromatic carbocycles. The van der Waals surface area contributed by atoms with Gasteiger partial charge in [-0.05, 0) is 65.4 Å². The number of hydrogen-bond acceptors (Lipinski definition) is 1. The molecule has 0 spiro atoms. The van der Waals surface area contributed by atoms with Gasteiger partial charge in [0.05, 0.1) is 0 Å². The van der Waals surface area contributed by atoms with Gasteiger partial charge in [0.2, 0.25) is 0 Å². The SMILES string of the molecule is CC(C)CCCC(C)(C(C)C)C1(CS)C(C)C2CCC21. The van der Waals surface area contributed by atoms with Gasteiger partial charge in [-0.1, -0.05) is 54.4 Å². The molecule has 0 N–H and O–H groups in total. The summed E-state index contributed by atoms with van der Waals surface area (Å²) in [5.41, 5.74) is 0.995. The fourth-order valence-electron chi connectivity index (χ4n) is 5.69. The average Bonchev–Trinajstić information content (AvgIpc) is 2.32. The van der Waals surface area contributed by atoms with Crippen LogP contribution in [0, 0.1) is 40.4 Å². The van der Waals surface area contributed by atoms with Crippen molar-refractivity contribution < 1.29 is 0 Å². The van der Waals surface area contributed by atoms with Crippen LogP contribution >= 0.6 is 12.6 Å². The van der Waals surface area contributed by atoms with E-state index in [1.165, 1.54) is 32.1 Å². The van der Waals surface area contributed by atoms with Crippen molar-refractivity contribution in [2.45, 2.75) is 73.6 Å². The molecule has 0 bridgehead atoms. The zero-order valence-electron chi connectivity index (χ0n) is 14.6. The summed E-state index contributed by atoms with van der Waals surface area (Å²) in [5, 5.41) is 0. The largest absolute Gasteiger partial charge is 0.179 e. The van der Waals surface area contributed by atoms with Gasteiger partial charge in [-0.25, -0.2) is 0 Å². The number of hydrogen-bond donors (Lipinski definition) is 1. The number of thiol groups is 1. The Morgan fingerprint density at radius 3 is 2.20 bits per heavy atom. The molecular weight excluding hydrogens is 260 g/mol. The first-order valence-corrected chi connectivity index (χ1v) is 9.55. The second-order valence-corrected chi connectivity index (χ2v) is 9.01. The third kappa shape index (κ3) is 2.18. The standard InChI is InChI=1S/C19H36S/c1-13(2)8-7-11-18(6,14(3)4)19(12-20)15(5)16-9-10-17(16)19/h13-17,20H,7-12H2,1-6H3. The minimum atomic E-state index is 0.477. The van der Waals surface area contributed by atoms with Crippen LogP contribution in [0.1, 0.15) is 73.6 Å². The number of rotatable bonds is 7. The molecule has 2 rings (SSSR count). The molecule has 20 heavy (non-hydrogen) atoms. The van der Waals surface area contributed by atoms with Gasteiger partial charge < -0.3 is 0 Å². The smallest absolute Gasteiger partial charge is 0.00304 e. The van der Waals surface area contributed by atoms with Crippen molar-refractivity contribution in [1.82, 2.24) is 0 Å². The van der Waals surface area contributed by atoms with E-state index in [2.05, 4.69) is 41.5 Å². The van der Waals surface area contributed by atoms with E-state index in [4.69, 9.17) is 12.6 Å². The first-order valence-electron chi connectivity index (χ1n) is 8.92. The van der Waals surface area contributed by atoms with Crippen LogP contribution < -0.4 is 0 Å². The topological polar surface area (TPSA) is 0 Å². The van der Waals surface area contributed by atoms with Gasteiger partial charge in [-0.3, -0.25) is 0 Å². The van der Waals surface area contributed by atoms with Crippen molar-refractivity contribution in [3.05, 3.63) is 0 Å². The molecule has 0 radical (unpaired) electrons. The zero-order chi connectivity index (χ0) is 15.1. The second-order valence-electron chi connectivity index (χ2n) is 8.69. The van der Waals surface area contributed by atoms with Crippen molar-refractivity contribution in [3.8, 4) is 0 Å². The molecule has 0 aliphatic heterocycles. The predicted octanol–water partition coefficient (Wildman–Crippen LogP) is 6.07. The Morgan fingerprint density at radius 1 is 1.20 bits per heavy atom. The molecule has 0 aromatic rings. The van der Waals surface area contributed by atoms with Crippen LogP contribution in [-0.2, 0) is 0 Å². The summed E-state index contributed by atoms with van der Waals surface area (Å²) in [5.74, 6) is 5.63. The molecule has 0 saturated heterocycles. The Labute approximate surface area is 132 Å². The number of fused-ring (bicyclic) bond motifs is 1. The van der Waals surface area contributed by atoms with Gasteiger partial charge in [-0.2, -0.15) is 12.6 Å².